The summed E-state index contributed by atoms with van der Waals surface area (Å²) in [4.78, 5) is 0. The zero-order valence-electron chi connectivity index (χ0n) is 17.6. The average molecular weight is 377 g/mol. The first-order valence-electron chi connectivity index (χ1n) is 11.9. The van der Waals surface area contributed by atoms with E-state index in [-0.39, 0.29) is 10.1 Å². The van der Waals surface area contributed by atoms with E-state index in [1.165, 1.54) is 82.6 Å². The van der Waals surface area contributed by atoms with E-state index in [9.17, 15) is 4.39 Å². The highest BCUT2D eigenvalue weighted by molar-refractivity contribution is 5.30. The second-order valence-corrected chi connectivity index (χ2v) is 10.4. The Balaban J connectivity index is 0.00000150. The van der Waals surface area contributed by atoms with Gasteiger partial charge < -0.3 is 0 Å². The Morgan fingerprint density at radius 2 is 1.15 bits per heavy atom. The van der Waals surface area contributed by atoms with Crippen molar-refractivity contribution in [2.45, 2.75) is 103 Å². The van der Waals surface area contributed by atoms with Crippen LogP contribution in [0.3, 0.4) is 0 Å². The van der Waals surface area contributed by atoms with Crippen LogP contribution in [-0.4, -0.2) is 0 Å². The molecule has 0 aliphatic heterocycles. The highest BCUT2D eigenvalue weighted by atomic mass is 19.1. The van der Waals surface area contributed by atoms with E-state index < -0.39 is 0 Å². The highest BCUT2D eigenvalue weighted by Gasteiger charge is 2.31. The van der Waals surface area contributed by atoms with Crippen LogP contribution in [-0.2, 0) is 0 Å². The molecule has 0 saturated heterocycles. The molecule has 0 amide bonds. The van der Waals surface area contributed by atoms with Crippen LogP contribution < -0.4 is 0 Å². The number of hydrogen-bond donors (Lipinski definition) is 0. The normalized spacial score (nSPS) is 37.9. The first-order valence-corrected chi connectivity index (χ1v) is 11.9. The largest absolute Gasteiger partial charge is 0.207 e. The average Bonchev–Trinajstić information content (AvgIpc) is 2.69. The second kappa shape index (κ2) is 8.66. The third-order valence-electron chi connectivity index (χ3n) is 8.45. The summed E-state index contributed by atoms with van der Waals surface area (Å²) in [5.41, 5.74) is 2.27. The van der Waals surface area contributed by atoms with Crippen molar-refractivity contribution in [3.8, 4) is 0 Å². The maximum Gasteiger partial charge on any atom is 0.126 e. The van der Waals surface area contributed by atoms with Crippen molar-refractivity contribution in [1.29, 1.82) is 0 Å². The SMILES string of the molecule is CC1CCC(c2ccc(C3CCC(C4CCC(C)CC4)CC3)cc2F)CC1.[HH].[HH].[HH]. The smallest absolute Gasteiger partial charge is 0.126 e. The highest BCUT2D eigenvalue weighted by Crippen LogP contribution is 2.44. The van der Waals surface area contributed by atoms with Crippen molar-refractivity contribution >= 4 is 0 Å². The van der Waals surface area contributed by atoms with Gasteiger partial charge in [-0.15, -0.1) is 0 Å². The molecule has 3 aliphatic carbocycles. The molecular formula is C26H45F. The van der Waals surface area contributed by atoms with Gasteiger partial charge in [-0.05, 0) is 104 Å². The lowest BCUT2D eigenvalue weighted by Crippen LogP contribution is -2.24. The maximum atomic E-state index is 14.9. The first-order chi connectivity index (χ1) is 13.1. The van der Waals surface area contributed by atoms with E-state index in [1.54, 1.807) is 0 Å². The predicted molar refractivity (Wildman–Crippen MR) is 119 cm³/mol. The van der Waals surface area contributed by atoms with Crippen LogP contribution in [0.4, 0.5) is 4.39 Å². The van der Waals surface area contributed by atoms with Gasteiger partial charge in [0.05, 0.1) is 0 Å². The molecule has 1 aromatic rings. The van der Waals surface area contributed by atoms with Crippen LogP contribution in [0.15, 0.2) is 18.2 Å². The van der Waals surface area contributed by atoms with E-state index in [0.717, 1.165) is 29.2 Å². The zero-order chi connectivity index (χ0) is 18.8. The van der Waals surface area contributed by atoms with E-state index in [0.29, 0.717) is 11.8 Å². The monoisotopic (exact) mass is 376 g/mol. The summed E-state index contributed by atoms with van der Waals surface area (Å²) in [5.74, 6) is 4.84. The molecule has 3 saturated carbocycles. The summed E-state index contributed by atoms with van der Waals surface area (Å²) in [6, 6.07) is 6.31. The first kappa shape index (κ1) is 19.5. The predicted octanol–water partition coefficient (Wildman–Crippen LogP) is 8.96. The minimum atomic E-state index is 0. The van der Waals surface area contributed by atoms with Gasteiger partial charge in [0.2, 0.25) is 0 Å². The Hall–Kier alpha value is -0.850. The molecule has 0 heterocycles. The second-order valence-electron chi connectivity index (χ2n) is 10.4. The van der Waals surface area contributed by atoms with E-state index in [1.807, 2.05) is 6.07 Å². The Kier molecular flexibility index (Phi) is 6.25. The lowest BCUT2D eigenvalue weighted by Gasteiger charge is -2.37. The molecule has 0 nitrogen and oxygen atoms in total. The molecule has 3 aliphatic rings. The van der Waals surface area contributed by atoms with Gasteiger partial charge in [-0.2, -0.15) is 0 Å². The minimum Gasteiger partial charge on any atom is -0.207 e. The van der Waals surface area contributed by atoms with Gasteiger partial charge in [0.25, 0.3) is 0 Å². The standard InChI is InChI=1S/C26H39F.3H2/c1-18-3-7-20(8-4-18)21-11-13-22(14-12-21)24-15-16-25(26(27)17-24)23-9-5-19(2)6-10-23;;;/h15-23H,3-14H2,1-2H3;3*1H. The van der Waals surface area contributed by atoms with Gasteiger partial charge >= 0.3 is 0 Å². The molecular weight excluding hydrogens is 331 g/mol. The van der Waals surface area contributed by atoms with Crippen LogP contribution in [0.5, 0.6) is 0 Å². The fourth-order valence-corrected chi connectivity index (χ4v) is 6.38. The molecule has 27 heavy (non-hydrogen) atoms. The molecule has 0 unspecified atom stereocenters. The fraction of sp³-hybridized carbons (Fsp3) is 0.769. The molecule has 1 heteroatoms. The van der Waals surface area contributed by atoms with Crippen molar-refractivity contribution in [2.24, 2.45) is 23.7 Å². The third-order valence-corrected chi connectivity index (χ3v) is 8.45. The molecule has 0 aromatic heterocycles. The van der Waals surface area contributed by atoms with Gasteiger partial charge in [0.1, 0.15) is 5.82 Å². The van der Waals surface area contributed by atoms with Crippen molar-refractivity contribution in [3.63, 3.8) is 0 Å². The van der Waals surface area contributed by atoms with Crippen LogP contribution >= 0.6 is 0 Å². The summed E-state index contributed by atoms with van der Waals surface area (Å²) in [6.45, 7) is 4.75. The summed E-state index contributed by atoms with van der Waals surface area (Å²) < 4.78 is 14.9. The Morgan fingerprint density at radius 3 is 1.70 bits per heavy atom. The molecule has 0 N–H and O–H groups in total. The van der Waals surface area contributed by atoms with Crippen molar-refractivity contribution in [2.75, 3.05) is 0 Å². The number of halogens is 1. The van der Waals surface area contributed by atoms with Crippen LogP contribution in [0.25, 0.3) is 0 Å². The quantitative estimate of drug-likeness (QED) is 0.494. The third kappa shape index (κ3) is 4.60. The molecule has 0 atom stereocenters. The number of benzene rings is 1. The molecule has 4 rings (SSSR count). The Morgan fingerprint density at radius 1 is 0.667 bits per heavy atom. The van der Waals surface area contributed by atoms with Crippen molar-refractivity contribution in [1.82, 2.24) is 0 Å². The maximum absolute atomic E-state index is 14.9. The molecule has 0 bridgehead atoms. The number of rotatable bonds is 3. The minimum absolute atomic E-state index is 0. The lowest BCUT2D eigenvalue weighted by atomic mass is 9.68. The molecule has 156 valence electrons. The molecule has 0 spiro atoms. The molecule has 3 fully saturated rings. The summed E-state index contributed by atoms with van der Waals surface area (Å²) >= 11 is 0. The summed E-state index contributed by atoms with van der Waals surface area (Å²) in [7, 11) is 0. The van der Waals surface area contributed by atoms with Gasteiger partial charge in [0.15, 0.2) is 0 Å². The van der Waals surface area contributed by atoms with E-state index >= 15 is 0 Å². The topological polar surface area (TPSA) is 0 Å². The van der Waals surface area contributed by atoms with Gasteiger partial charge in [0, 0.05) is 4.28 Å². The molecule has 1 aromatic carbocycles. The van der Waals surface area contributed by atoms with Gasteiger partial charge in [-0.25, -0.2) is 4.39 Å². The number of hydrogen-bond acceptors (Lipinski definition) is 0. The summed E-state index contributed by atoms with van der Waals surface area (Å²) in [6.07, 6.45) is 15.9. The Labute approximate surface area is 170 Å². The molecule has 0 radical (unpaired) electrons. The van der Waals surface area contributed by atoms with E-state index in [2.05, 4.69) is 26.0 Å². The zero-order valence-corrected chi connectivity index (χ0v) is 17.6. The van der Waals surface area contributed by atoms with Crippen molar-refractivity contribution < 1.29 is 8.67 Å². The van der Waals surface area contributed by atoms with Crippen LogP contribution in [0.2, 0.25) is 0 Å². The summed E-state index contributed by atoms with van der Waals surface area (Å²) in [5, 5.41) is 0. The lowest BCUT2D eigenvalue weighted by molar-refractivity contribution is 0.165. The van der Waals surface area contributed by atoms with Gasteiger partial charge in [-0.1, -0.05) is 51.7 Å². The fourth-order valence-electron chi connectivity index (χ4n) is 6.38. The Bertz CT molecular complexity index is 611. The van der Waals surface area contributed by atoms with Crippen LogP contribution in [0, 0.1) is 29.5 Å². The van der Waals surface area contributed by atoms with Crippen molar-refractivity contribution in [3.05, 3.63) is 35.1 Å². The van der Waals surface area contributed by atoms with E-state index in [4.69, 9.17) is 0 Å². The van der Waals surface area contributed by atoms with Crippen LogP contribution in [0.1, 0.15) is 118 Å². The van der Waals surface area contributed by atoms with Gasteiger partial charge in [-0.3, -0.25) is 0 Å².